The summed E-state index contributed by atoms with van der Waals surface area (Å²) in [5, 5.41) is 72.9. The van der Waals surface area contributed by atoms with Crippen molar-refractivity contribution in [3.63, 3.8) is 0 Å². The fraction of sp³-hybridized carbons (Fsp3) is 0.674. The van der Waals surface area contributed by atoms with Crippen molar-refractivity contribution in [1.82, 2.24) is 110 Å². The smallest absolute Gasteiger partial charge is 0.245 e. The van der Waals surface area contributed by atoms with Crippen LogP contribution in [-0.2, 0) is 102 Å². The number of aromatic nitrogens is 1. The van der Waals surface area contributed by atoms with Crippen LogP contribution in [0.3, 0.4) is 0 Å². The zero-order chi connectivity index (χ0) is 106. The van der Waals surface area contributed by atoms with Crippen LogP contribution in [0.5, 0.6) is 0 Å². The molecule has 0 aliphatic carbocycles. The Balaban J connectivity index is 1.30. The molecule has 32 N–H and O–H groups in total. The van der Waals surface area contributed by atoms with Crippen molar-refractivity contribution in [1.29, 1.82) is 10.8 Å². The normalized spacial score (nSPS) is 16.2. The number of likely N-dealkylation sites (tertiary alicyclic amines) is 2. The summed E-state index contributed by atoms with van der Waals surface area (Å²) < 4.78 is 0. The first-order chi connectivity index (χ1) is 66.5. The monoisotopic (exact) mass is 1990 g/mol. The first-order valence-electron chi connectivity index (χ1n) is 48.4. The Bertz CT molecular complexity index is 4620. The van der Waals surface area contributed by atoms with Gasteiger partial charge in [0.2, 0.25) is 118 Å². The zero-order valence-electron chi connectivity index (χ0n) is 83.3. The molecule has 2 aliphatic rings. The zero-order valence-corrected chi connectivity index (χ0v) is 83.3. The largest absolute Gasteiger partial charge is 0.394 e. The number of aliphatic hydroxyl groups excluding tert-OH is 1. The molecule has 49 heteroatoms. The second-order valence-corrected chi connectivity index (χ2v) is 37.7. The van der Waals surface area contributed by atoms with Crippen LogP contribution in [0.2, 0.25) is 0 Å². The van der Waals surface area contributed by atoms with Crippen molar-refractivity contribution in [2.45, 2.75) is 297 Å². The average Bonchev–Trinajstić information content (AvgIpc) is 1.75. The van der Waals surface area contributed by atoms with Crippen LogP contribution < -0.4 is 124 Å². The lowest BCUT2D eigenvalue weighted by Gasteiger charge is -2.29. The highest BCUT2D eigenvalue weighted by molar-refractivity contribution is 6.01. The number of amides is 20. The molecule has 4 rings (SSSR count). The Labute approximate surface area is 821 Å². The van der Waals surface area contributed by atoms with E-state index in [0.29, 0.717) is 38.6 Å². The number of aromatic amines is 1. The number of rotatable bonds is 63. The van der Waals surface area contributed by atoms with Gasteiger partial charge in [-0.15, -0.1) is 0 Å². The van der Waals surface area contributed by atoms with Crippen molar-refractivity contribution in [3.05, 3.63) is 36.0 Å². The Morgan fingerprint density at radius 2 is 0.894 bits per heavy atom. The van der Waals surface area contributed by atoms with Gasteiger partial charge >= 0.3 is 0 Å². The minimum Gasteiger partial charge on any atom is -0.394 e. The first kappa shape index (κ1) is 120. The van der Waals surface area contributed by atoms with Gasteiger partial charge in [0.25, 0.3) is 0 Å². The summed E-state index contributed by atoms with van der Waals surface area (Å²) >= 11 is 0. The number of aliphatic hydroxyl groups is 1. The number of para-hydroxylation sites is 1. The van der Waals surface area contributed by atoms with Crippen molar-refractivity contribution in [3.8, 4) is 0 Å². The van der Waals surface area contributed by atoms with Crippen LogP contribution in [0.1, 0.15) is 211 Å². The maximum atomic E-state index is 14.4. The van der Waals surface area contributed by atoms with Gasteiger partial charge in [-0.25, -0.2) is 0 Å². The summed E-state index contributed by atoms with van der Waals surface area (Å²) in [6, 6.07) is -9.89. The Kier molecular flexibility index (Phi) is 52.1. The highest BCUT2D eigenvalue weighted by Crippen LogP contribution is 2.24. The molecule has 141 heavy (non-hydrogen) atoms. The van der Waals surface area contributed by atoms with Gasteiger partial charge in [-0.05, 0) is 138 Å². The number of benzene rings is 1. The molecule has 2 fully saturated rings. The van der Waals surface area contributed by atoms with Crippen LogP contribution >= 0.6 is 0 Å². The lowest BCUT2D eigenvalue weighted by atomic mass is 9.98. The molecular weight excluding hydrogens is 1830 g/mol. The van der Waals surface area contributed by atoms with E-state index in [1.165, 1.54) is 16.7 Å². The summed E-state index contributed by atoms with van der Waals surface area (Å²) in [6.45, 7) is 20.0. The van der Waals surface area contributed by atoms with E-state index in [4.69, 9.17) is 39.5 Å². The third kappa shape index (κ3) is 42.7. The van der Waals surface area contributed by atoms with Crippen LogP contribution in [0.15, 0.2) is 30.5 Å². The summed E-state index contributed by atoms with van der Waals surface area (Å²) in [5.74, 6) is -17.8. The maximum absolute atomic E-state index is 14.4. The summed E-state index contributed by atoms with van der Waals surface area (Å²) in [7, 11) is 0. The Hall–Kier alpha value is -13.4. The first-order valence-corrected chi connectivity index (χ1v) is 48.4. The minimum atomic E-state index is -1.72. The molecule has 2 aliphatic heterocycles. The summed E-state index contributed by atoms with van der Waals surface area (Å²) in [5.41, 5.74) is 29.8. The topological polar surface area (TPSA) is 778 Å². The van der Waals surface area contributed by atoms with E-state index < -0.39 is 259 Å². The molecule has 1 aromatic carbocycles. The molecule has 3 heterocycles. The molecule has 788 valence electrons. The number of primary amides is 2. The number of nitrogens with zero attached hydrogens (tertiary/aromatic N) is 2. The van der Waals surface area contributed by atoms with E-state index in [-0.39, 0.29) is 140 Å². The molecule has 15 atom stereocenters. The Morgan fingerprint density at radius 3 is 1.45 bits per heavy atom. The number of nitrogens with two attached hydrogens (primary N) is 5. The summed E-state index contributed by atoms with van der Waals surface area (Å²) in [4.78, 5) is 277. The highest BCUT2D eigenvalue weighted by Gasteiger charge is 2.42. The molecule has 0 radical (unpaired) electrons. The number of hydrogen-bond donors (Lipinski definition) is 27. The number of guanidine groups is 2. The van der Waals surface area contributed by atoms with Crippen molar-refractivity contribution in [2.75, 3.05) is 65.5 Å². The molecule has 1 aromatic heterocycles. The van der Waals surface area contributed by atoms with E-state index in [0.717, 1.165) is 16.5 Å². The third-order valence-electron chi connectivity index (χ3n) is 23.7. The van der Waals surface area contributed by atoms with Gasteiger partial charge in [-0.1, -0.05) is 108 Å². The van der Waals surface area contributed by atoms with Gasteiger partial charge in [0.05, 0.1) is 25.7 Å². The van der Waals surface area contributed by atoms with Crippen LogP contribution in [0, 0.1) is 46.3 Å². The molecule has 2 saturated heterocycles. The van der Waals surface area contributed by atoms with Gasteiger partial charge in [0.15, 0.2) is 11.9 Å². The number of H-pyrrole nitrogens is 1. The van der Waals surface area contributed by atoms with E-state index in [2.05, 4.69) is 101 Å². The fourth-order valence-electron chi connectivity index (χ4n) is 15.8. The molecule has 0 unspecified atom stereocenters. The maximum Gasteiger partial charge on any atom is 0.245 e. The Morgan fingerprint density at radius 1 is 0.426 bits per heavy atom. The van der Waals surface area contributed by atoms with Gasteiger partial charge < -0.3 is 144 Å². The lowest BCUT2D eigenvalue weighted by molar-refractivity contribution is -0.142. The molecule has 0 spiro atoms. The third-order valence-corrected chi connectivity index (χ3v) is 23.7. The van der Waals surface area contributed by atoms with E-state index in [1.54, 1.807) is 61.6 Å². The van der Waals surface area contributed by atoms with Gasteiger partial charge in [-0.2, -0.15) is 0 Å². The quantitative estimate of drug-likeness (QED) is 0.0167. The van der Waals surface area contributed by atoms with Crippen LogP contribution in [0.25, 0.3) is 10.9 Å². The van der Waals surface area contributed by atoms with Crippen molar-refractivity contribution >= 4 is 141 Å². The van der Waals surface area contributed by atoms with E-state index >= 15 is 0 Å². The van der Waals surface area contributed by atoms with Gasteiger partial charge in [0.1, 0.15) is 78.5 Å². The van der Waals surface area contributed by atoms with E-state index in [1.807, 2.05) is 52.0 Å². The second kappa shape index (κ2) is 61.2. The molecule has 2 aromatic rings. The standard InChI is InChI=1S/C92H154N28O21/c1-14-53(12)76(88(139)102-36-31-69(123)100-37-32-73(127)119-38-20-26-66(119)85(136)111-61(77(95)128)43-55-44-105-58-24-16-15-22-56(55)58)116-72(126)46-107-80(131)65(47-121)115-89(140)75(52(10)11)117-84(135)64(42-50(6)7)114-82(133)60(29-30-68(94)122)110-81(132)59(25-18-35-104-92(98)99)109-70(124)28-19-33-101-87(138)74(51(8)9)118-86(137)67-27-21-39-120(67)90(141)54(13)108-71(125)45-106-79(130)62(40-48(2)3)113-83(134)63(41-49(4)5)112-78(129)57(93)23-17-34-103-91(96)97/h15-16,22,24,44,48-54,57,59-67,74-76,105,121H,14,17-21,23,25-43,45-47,93H2,1-13H3,(H2,94,122)(H2,95,128)(H,100,123)(H,101,138)(H,102,139)(H,106,130)(H,107,131)(H,108,125)(H,109,124)(H,110,132)(H,111,136)(H,112,129)(H,113,134)(H,114,133)(H,115,140)(H,116,126)(H,117,135)(H,118,137)(H4,96,97,103)(H4,98,99,104)/t53-,54-,57-,59-,60-,61-,62-,63-,64-,65-,66-,67-,74-,75-,76-/m0/s1. The lowest BCUT2D eigenvalue weighted by Crippen LogP contribution is -2.60. The van der Waals surface area contributed by atoms with Crippen molar-refractivity contribution < 1.29 is 101 Å². The van der Waals surface area contributed by atoms with Gasteiger partial charge in [0, 0.05) is 95.0 Å². The number of carbonyl (C=O) groups is 20. The van der Waals surface area contributed by atoms with Crippen molar-refractivity contribution in [2.24, 2.45) is 64.2 Å². The predicted octanol–water partition coefficient (Wildman–Crippen LogP) is -5.72. The summed E-state index contributed by atoms with van der Waals surface area (Å²) in [6.07, 6.45) is 2.99. The highest BCUT2D eigenvalue weighted by atomic mass is 16.3. The fourth-order valence-corrected chi connectivity index (χ4v) is 15.8. The van der Waals surface area contributed by atoms with Crippen LogP contribution in [0.4, 0.5) is 0 Å². The average molecular weight is 1990 g/mol. The minimum absolute atomic E-state index is 0.0195. The molecule has 20 amide bonds. The number of hydrogen-bond acceptors (Lipinski definition) is 24. The van der Waals surface area contributed by atoms with Crippen LogP contribution in [-0.4, -0.2) is 300 Å². The number of carbonyl (C=O) groups excluding carboxylic acids is 20. The van der Waals surface area contributed by atoms with E-state index in [9.17, 15) is 101 Å². The second-order valence-electron chi connectivity index (χ2n) is 37.7. The van der Waals surface area contributed by atoms with Gasteiger partial charge in [-0.3, -0.25) is 107 Å². The molecule has 0 bridgehead atoms. The molecule has 49 nitrogen and oxygen atoms in total. The molecule has 0 saturated carbocycles. The SMILES string of the molecule is CC[C@H](C)[C@H](NC(=O)CNC(=O)[C@H](CO)NC(=O)[C@@H](NC(=O)[C@H](CC(C)C)NC(=O)[C@H](CCC(N)=O)NC(=O)[C@H](CCCNC(=N)N)NC(=O)CCCNC(=O)[C@@H](NC(=O)[C@@H]1CCCN1C(=O)[C@H](C)NC(=O)CNC(=O)[C@H](CC(C)C)NC(=O)[C@H](CC(C)C)NC(=O)[C@@H](N)CCCNC(=N)N)C(C)C)C(C)C)C(=O)NCCC(=O)NCCC(=O)N1CCC[C@H]1C(=O)N[C@@H](Cc1c[nH]c2ccccc12)C(N)=O. The molecular formula is C92H154N28O21. The number of nitrogens with one attached hydrogen (secondary N) is 21. The number of fused-ring (bicyclic) bond motifs is 1. The predicted molar refractivity (Wildman–Crippen MR) is 520 cm³/mol.